The molecule has 1 aliphatic carbocycles. The molecule has 1 atom stereocenters. The van der Waals surface area contributed by atoms with E-state index in [9.17, 15) is 19.5 Å². The number of rotatable bonds is 2. The number of H-pyrrole nitrogens is 1. The Morgan fingerprint density at radius 1 is 1.50 bits per heavy atom. The van der Waals surface area contributed by atoms with E-state index in [1.807, 2.05) is 0 Å². The molecule has 0 fully saturated rings. The molecule has 2 N–H and O–H groups in total. The number of hydrogen-bond acceptors (Lipinski definition) is 4. The molecule has 0 radical (unpaired) electrons. The van der Waals surface area contributed by atoms with Gasteiger partial charge >= 0.3 is 11.9 Å². The van der Waals surface area contributed by atoms with Crippen LogP contribution in [0, 0.1) is 5.41 Å². The summed E-state index contributed by atoms with van der Waals surface area (Å²) >= 11 is 5.83. The number of halogens is 1. The van der Waals surface area contributed by atoms with Gasteiger partial charge in [0.15, 0.2) is 5.41 Å². The molecule has 0 saturated heterocycles. The first kappa shape index (κ1) is 12.6. The average Bonchev–Trinajstić information content (AvgIpc) is 2.74. The summed E-state index contributed by atoms with van der Waals surface area (Å²) in [5, 5.41) is 9.20. The van der Waals surface area contributed by atoms with Crippen molar-refractivity contribution in [3.05, 3.63) is 32.7 Å². The Balaban J connectivity index is 2.55. The van der Waals surface area contributed by atoms with Crippen molar-refractivity contribution in [2.45, 2.75) is 12.8 Å². The number of fused-ring (bicyclic) bond motifs is 1. The molecule has 1 heterocycles. The summed E-state index contributed by atoms with van der Waals surface area (Å²) in [6.45, 7) is 0. The van der Waals surface area contributed by atoms with Gasteiger partial charge in [-0.15, -0.1) is 0 Å². The summed E-state index contributed by atoms with van der Waals surface area (Å²) in [5.74, 6) is -2.12. The van der Waals surface area contributed by atoms with Gasteiger partial charge in [-0.1, -0.05) is 11.6 Å². The Bertz CT molecular complexity index is 594. The molecule has 0 saturated carbocycles. The molecule has 1 unspecified atom stereocenters. The van der Waals surface area contributed by atoms with Crippen molar-refractivity contribution >= 4 is 23.5 Å². The molecule has 0 spiro atoms. The second-order valence-corrected chi connectivity index (χ2v) is 4.55. The number of ether oxygens (including phenoxy) is 1. The van der Waals surface area contributed by atoms with Crippen molar-refractivity contribution in [2.75, 3.05) is 7.11 Å². The number of esters is 1. The van der Waals surface area contributed by atoms with Gasteiger partial charge in [-0.25, -0.2) is 0 Å². The van der Waals surface area contributed by atoms with Crippen molar-refractivity contribution in [1.29, 1.82) is 0 Å². The number of nitrogens with one attached hydrogen (secondary N) is 1. The van der Waals surface area contributed by atoms with Gasteiger partial charge in [0, 0.05) is 19.0 Å². The van der Waals surface area contributed by atoms with Crippen LogP contribution in [0.25, 0.3) is 0 Å². The van der Waals surface area contributed by atoms with Crippen LogP contribution in [0.2, 0.25) is 5.02 Å². The highest BCUT2D eigenvalue weighted by atomic mass is 35.5. The van der Waals surface area contributed by atoms with Crippen molar-refractivity contribution in [3.8, 4) is 0 Å². The van der Waals surface area contributed by atoms with Crippen LogP contribution in [0.3, 0.4) is 0 Å². The number of hydrogen-bond donors (Lipinski definition) is 2. The predicted octanol–water partition coefficient (Wildman–Crippen LogP) is 0.371. The molecule has 6 nitrogen and oxygen atoms in total. The van der Waals surface area contributed by atoms with Crippen molar-refractivity contribution in [3.63, 3.8) is 0 Å². The Morgan fingerprint density at radius 3 is 2.72 bits per heavy atom. The molecule has 18 heavy (non-hydrogen) atoms. The Morgan fingerprint density at radius 2 is 2.17 bits per heavy atom. The largest absolute Gasteiger partial charge is 0.480 e. The van der Waals surface area contributed by atoms with Crippen LogP contribution in [0.1, 0.15) is 11.1 Å². The Hall–Kier alpha value is -1.82. The van der Waals surface area contributed by atoms with Crippen LogP contribution in [0.4, 0.5) is 0 Å². The van der Waals surface area contributed by atoms with E-state index in [1.165, 1.54) is 6.20 Å². The lowest BCUT2D eigenvalue weighted by molar-refractivity contribution is -0.166. The highest BCUT2D eigenvalue weighted by Crippen LogP contribution is 2.40. The zero-order valence-corrected chi connectivity index (χ0v) is 10.2. The number of carbonyl (C=O) groups excluding carboxylic acids is 1. The number of pyridine rings is 1. The molecule has 96 valence electrons. The zero-order valence-electron chi connectivity index (χ0n) is 9.45. The third-order valence-corrected chi connectivity index (χ3v) is 3.59. The van der Waals surface area contributed by atoms with Crippen LogP contribution >= 0.6 is 11.6 Å². The lowest BCUT2D eigenvalue weighted by Crippen LogP contribution is -2.41. The number of aromatic nitrogens is 1. The third-order valence-electron chi connectivity index (χ3n) is 3.19. The number of aromatic amines is 1. The third kappa shape index (κ3) is 1.60. The van der Waals surface area contributed by atoms with Crippen LogP contribution in [0.15, 0.2) is 11.0 Å². The molecular weight excluding hydrogens is 262 g/mol. The van der Waals surface area contributed by atoms with E-state index >= 15 is 0 Å². The van der Waals surface area contributed by atoms with Crippen molar-refractivity contribution < 1.29 is 19.4 Å². The zero-order chi connectivity index (χ0) is 13.5. The first-order valence-electron chi connectivity index (χ1n) is 5.13. The summed E-state index contributed by atoms with van der Waals surface area (Å²) < 4.78 is 4.55. The summed E-state index contributed by atoms with van der Waals surface area (Å²) in [6, 6.07) is 0. The highest BCUT2D eigenvalue weighted by molar-refractivity contribution is 6.31. The maximum atomic E-state index is 11.7. The first-order chi connectivity index (χ1) is 8.42. The number of carbonyl (C=O) groups is 2. The van der Waals surface area contributed by atoms with E-state index in [1.54, 1.807) is 0 Å². The summed E-state index contributed by atoms with van der Waals surface area (Å²) in [7, 11) is 1.13. The van der Waals surface area contributed by atoms with E-state index in [-0.39, 0.29) is 17.9 Å². The first-order valence-corrected chi connectivity index (χ1v) is 5.51. The quantitative estimate of drug-likeness (QED) is 0.598. The van der Waals surface area contributed by atoms with Crippen LogP contribution in [0.5, 0.6) is 0 Å². The van der Waals surface area contributed by atoms with E-state index in [0.29, 0.717) is 11.1 Å². The number of carboxylic acid groups (broad SMARTS) is 1. The normalized spacial score (nSPS) is 21.4. The van der Waals surface area contributed by atoms with Gasteiger partial charge in [-0.3, -0.25) is 14.4 Å². The maximum Gasteiger partial charge on any atom is 0.323 e. The fraction of sp³-hybridized carbons (Fsp3) is 0.364. The fourth-order valence-electron chi connectivity index (χ4n) is 2.20. The van der Waals surface area contributed by atoms with Gasteiger partial charge in [-0.05, 0) is 11.1 Å². The van der Waals surface area contributed by atoms with Crippen LogP contribution < -0.4 is 5.56 Å². The SMILES string of the molecule is COC(=O)C1(C(=O)O)Cc2c[nH]c(=O)c(Cl)c2C1. The molecule has 1 aliphatic rings. The second-order valence-electron chi connectivity index (χ2n) is 4.17. The second kappa shape index (κ2) is 4.13. The maximum absolute atomic E-state index is 11.7. The van der Waals surface area contributed by atoms with Gasteiger partial charge in [0.1, 0.15) is 5.02 Å². The minimum atomic E-state index is -1.69. The number of aliphatic carboxylic acids is 1. The molecular formula is C11H10ClNO5. The van der Waals surface area contributed by atoms with Crippen LogP contribution in [-0.4, -0.2) is 29.1 Å². The minimum absolute atomic E-state index is 0.0408. The van der Waals surface area contributed by atoms with E-state index in [2.05, 4.69) is 9.72 Å². The predicted molar refractivity (Wildman–Crippen MR) is 61.6 cm³/mol. The average molecular weight is 272 g/mol. The molecule has 2 rings (SSSR count). The summed E-state index contributed by atoms with van der Waals surface area (Å²) in [4.78, 5) is 36.8. The molecule has 7 heteroatoms. The topological polar surface area (TPSA) is 96.5 Å². The number of carboxylic acids is 1. The summed E-state index contributed by atoms with van der Waals surface area (Å²) in [5.41, 5.74) is -1.25. The standard InChI is InChI=1S/C11H10ClNO5/c1-18-10(17)11(9(15)16)2-5-4-13-8(14)7(12)6(5)3-11/h4H,2-3H2,1H3,(H,13,14)(H,15,16). The van der Waals surface area contributed by atoms with E-state index in [0.717, 1.165) is 7.11 Å². The van der Waals surface area contributed by atoms with Crippen LogP contribution in [-0.2, 0) is 27.2 Å². The Kier molecular flexibility index (Phi) is 2.90. The molecule has 0 amide bonds. The highest BCUT2D eigenvalue weighted by Gasteiger charge is 2.52. The van der Waals surface area contributed by atoms with Gasteiger partial charge in [0.2, 0.25) is 0 Å². The molecule has 1 aromatic rings. The lowest BCUT2D eigenvalue weighted by Gasteiger charge is -2.20. The van der Waals surface area contributed by atoms with Gasteiger partial charge in [0.05, 0.1) is 7.11 Å². The van der Waals surface area contributed by atoms with Crippen molar-refractivity contribution in [1.82, 2.24) is 4.98 Å². The smallest absolute Gasteiger partial charge is 0.323 e. The number of methoxy groups -OCH3 is 1. The summed E-state index contributed by atoms with van der Waals surface area (Å²) in [6.07, 6.45) is 1.21. The van der Waals surface area contributed by atoms with Gasteiger partial charge in [-0.2, -0.15) is 0 Å². The molecule has 0 aliphatic heterocycles. The van der Waals surface area contributed by atoms with Gasteiger partial charge < -0.3 is 14.8 Å². The minimum Gasteiger partial charge on any atom is -0.480 e. The molecule has 0 aromatic carbocycles. The van der Waals surface area contributed by atoms with E-state index < -0.39 is 22.9 Å². The molecule has 0 bridgehead atoms. The monoisotopic (exact) mass is 271 g/mol. The molecule has 1 aromatic heterocycles. The van der Waals surface area contributed by atoms with Crippen molar-refractivity contribution in [2.24, 2.45) is 5.41 Å². The lowest BCUT2D eigenvalue weighted by atomic mass is 9.85. The fourth-order valence-corrected chi connectivity index (χ4v) is 2.44. The van der Waals surface area contributed by atoms with Gasteiger partial charge in [0.25, 0.3) is 5.56 Å². The Labute approximate surface area is 107 Å². The van der Waals surface area contributed by atoms with E-state index in [4.69, 9.17) is 11.6 Å².